The van der Waals surface area contributed by atoms with Crippen LogP contribution < -0.4 is 10.6 Å². The number of aliphatic imine (C=N–C) groups is 1. The van der Waals surface area contributed by atoms with E-state index < -0.39 is 7.14 Å². The standard InChI is InChI=1S/C17H14OP.C12H16NO.Fe/c18-19(17-13-7-8-14-17,15-9-3-1-4-10-15)16-11-5-2-6-12-16;1-12(2,3)10-8-14-11(13-10)9-6-4-5-7-9;/h1-14H;4-7,10H,8H2,1-3H3;/q;;+2/t;10-;/m.1./s1. The SMILES string of the molecule is CC(C)(C)[C@H]1COC([C]2[CH][CH][CH][CH]2)=N1.O=P([C]1[CH][CH][CH][CH]1)(c1ccccc1)c1ccccc1.[Fe+2]. The fourth-order valence-corrected chi connectivity index (χ4v) is 6.46. The molecule has 2 aliphatic carbocycles. The van der Waals surface area contributed by atoms with Gasteiger partial charge in [-0.05, 0) is 56.8 Å². The summed E-state index contributed by atoms with van der Waals surface area (Å²) < 4.78 is 19.3. The van der Waals surface area contributed by atoms with Crippen molar-refractivity contribution in [1.82, 2.24) is 0 Å². The summed E-state index contributed by atoms with van der Waals surface area (Å²) >= 11 is 0. The average molecular weight is 511 g/mol. The normalized spacial score (nSPS) is 21.3. The summed E-state index contributed by atoms with van der Waals surface area (Å²) in [6, 6.07) is 19.7. The Morgan fingerprint density at radius 3 is 1.71 bits per heavy atom. The number of hydrogen-bond donors (Lipinski definition) is 0. The van der Waals surface area contributed by atoms with Crippen molar-refractivity contribution in [1.29, 1.82) is 0 Å². The van der Waals surface area contributed by atoms with Crippen LogP contribution in [0.4, 0.5) is 0 Å². The minimum atomic E-state index is -2.73. The van der Waals surface area contributed by atoms with Crippen LogP contribution >= 0.6 is 7.14 Å². The van der Waals surface area contributed by atoms with E-state index >= 15 is 0 Å². The second-order valence-corrected chi connectivity index (χ2v) is 12.0. The zero-order valence-electron chi connectivity index (χ0n) is 19.7. The third kappa shape index (κ3) is 6.26. The van der Waals surface area contributed by atoms with Crippen molar-refractivity contribution in [3.8, 4) is 0 Å². The summed E-state index contributed by atoms with van der Waals surface area (Å²) in [5.41, 5.74) is 1.08. The van der Waals surface area contributed by atoms with Crippen molar-refractivity contribution < 1.29 is 26.4 Å². The van der Waals surface area contributed by atoms with Crippen LogP contribution in [-0.4, -0.2) is 18.5 Å². The van der Waals surface area contributed by atoms with Gasteiger partial charge in [0, 0.05) is 10.6 Å². The second-order valence-electron chi connectivity index (χ2n) is 9.22. The molecule has 0 spiro atoms. The van der Waals surface area contributed by atoms with Gasteiger partial charge in [-0.1, -0.05) is 81.4 Å². The van der Waals surface area contributed by atoms with Gasteiger partial charge in [0.1, 0.15) is 6.61 Å². The van der Waals surface area contributed by atoms with E-state index in [2.05, 4.69) is 25.8 Å². The maximum atomic E-state index is 13.7. The first kappa shape index (κ1) is 27.3. The Kier molecular flexibility index (Phi) is 9.67. The fraction of sp³-hybridized carbons (Fsp3) is 0.207. The molecule has 1 atom stereocenters. The molecule has 3 aliphatic rings. The van der Waals surface area contributed by atoms with Gasteiger partial charge in [-0.2, -0.15) is 0 Å². The minimum absolute atomic E-state index is 0. The Hall–Kier alpha value is -1.34. The molecular weight excluding hydrogens is 481 g/mol. The Balaban J connectivity index is 0.000000193. The van der Waals surface area contributed by atoms with Crippen molar-refractivity contribution in [3.63, 3.8) is 0 Å². The Morgan fingerprint density at radius 1 is 0.794 bits per heavy atom. The van der Waals surface area contributed by atoms with Crippen LogP contribution in [-0.2, 0) is 26.4 Å². The molecule has 0 bridgehead atoms. The summed E-state index contributed by atoms with van der Waals surface area (Å²) in [5, 5.41) is 1.76. The molecule has 1 aliphatic heterocycles. The van der Waals surface area contributed by atoms with Crippen molar-refractivity contribution in [2.24, 2.45) is 10.4 Å². The van der Waals surface area contributed by atoms with Gasteiger partial charge >= 0.3 is 17.1 Å². The van der Waals surface area contributed by atoms with Crippen LogP contribution in [0.5, 0.6) is 0 Å². The van der Waals surface area contributed by atoms with Crippen LogP contribution in [0.2, 0.25) is 0 Å². The Labute approximate surface area is 217 Å². The van der Waals surface area contributed by atoms with E-state index in [-0.39, 0.29) is 28.5 Å². The molecule has 0 unspecified atom stereocenters. The maximum absolute atomic E-state index is 13.7. The van der Waals surface area contributed by atoms with Gasteiger partial charge in [0.25, 0.3) is 0 Å². The molecule has 0 aromatic heterocycles. The zero-order valence-corrected chi connectivity index (χ0v) is 21.7. The molecule has 174 valence electrons. The summed E-state index contributed by atoms with van der Waals surface area (Å²) in [6.45, 7) is 7.29. The maximum Gasteiger partial charge on any atom is 2.00 e. The predicted molar refractivity (Wildman–Crippen MR) is 137 cm³/mol. The van der Waals surface area contributed by atoms with Crippen LogP contribution in [0.3, 0.4) is 0 Å². The monoisotopic (exact) mass is 511 g/mol. The molecule has 0 amide bonds. The molecule has 5 heteroatoms. The largest absolute Gasteiger partial charge is 2.00 e. The molecule has 2 aromatic carbocycles. The zero-order chi connectivity index (χ0) is 23.3. The van der Waals surface area contributed by atoms with Gasteiger partial charge in [0.2, 0.25) is 0 Å². The molecule has 2 fully saturated rings. The van der Waals surface area contributed by atoms with Gasteiger partial charge in [-0.15, -0.1) is 0 Å². The van der Waals surface area contributed by atoms with Gasteiger partial charge in [-0.3, -0.25) is 0 Å². The average Bonchev–Trinajstić information content (AvgIpc) is 3.61. The second kappa shape index (κ2) is 12.1. The summed E-state index contributed by atoms with van der Waals surface area (Å²) in [6.07, 6.45) is 15.8. The number of ether oxygens (including phenoxy) is 1. The van der Waals surface area contributed by atoms with Crippen LogP contribution in [0, 0.1) is 68.4 Å². The Morgan fingerprint density at radius 2 is 1.26 bits per heavy atom. The van der Waals surface area contributed by atoms with Crippen molar-refractivity contribution in [3.05, 3.63) is 124 Å². The molecule has 34 heavy (non-hydrogen) atoms. The van der Waals surface area contributed by atoms with Gasteiger partial charge < -0.3 is 9.30 Å². The molecule has 1 heterocycles. The molecule has 2 saturated carbocycles. The number of hydrogen-bond acceptors (Lipinski definition) is 3. The third-order valence-electron chi connectivity index (χ3n) is 5.81. The summed E-state index contributed by atoms with van der Waals surface area (Å²) in [5.74, 6) is 1.90. The van der Waals surface area contributed by atoms with Gasteiger partial charge in [-0.25, -0.2) is 4.99 Å². The van der Waals surface area contributed by atoms with Gasteiger partial charge in [0.05, 0.1) is 17.6 Å². The van der Waals surface area contributed by atoms with Crippen molar-refractivity contribution >= 4 is 23.6 Å². The van der Waals surface area contributed by atoms with E-state index in [0.29, 0.717) is 6.61 Å². The van der Waals surface area contributed by atoms with E-state index in [9.17, 15) is 4.57 Å². The molecular formula is C29H30FeNO2P+2. The van der Waals surface area contributed by atoms with Crippen LogP contribution in [0.15, 0.2) is 65.7 Å². The number of benzene rings is 2. The fourth-order valence-electron chi connectivity index (χ4n) is 3.79. The van der Waals surface area contributed by atoms with Gasteiger partial charge in [0.15, 0.2) is 13.0 Å². The molecule has 2 aromatic rings. The minimum Gasteiger partial charge on any atom is -0.478 e. The van der Waals surface area contributed by atoms with Crippen molar-refractivity contribution in [2.75, 3.05) is 6.61 Å². The van der Waals surface area contributed by atoms with E-state index in [1.165, 1.54) is 0 Å². The van der Waals surface area contributed by atoms with Crippen molar-refractivity contribution in [2.45, 2.75) is 26.8 Å². The molecule has 0 saturated heterocycles. The predicted octanol–water partition coefficient (Wildman–Crippen LogP) is 5.60. The van der Waals surface area contributed by atoms with Crippen LogP contribution in [0.25, 0.3) is 0 Å². The number of nitrogens with zero attached hydrogens (tertiary/aromatic N) is 1. The molecule has 5 rings (SSSR count). The topological polar surface area (TPSA) is 38.7 Å². The molecule has 3 nitrogen and oxygen atoms in total. The van der Waals surface area contributed by atoms with E-state index in [4.69, 9.17) is 4.74 Å². The molecule has 0 N–H and O–H groups in total. The first-order valence-electron chi connectivity index (χ1n) is 11.3. The third-order valence-corrected chi connectivity index (χ3v) is 8.88. The molecule has 10 radical (unpaired) electrons. The summed E-state index contributed by atoms with van der Waals surface area (Å²) in [4.78, 5) is 4.60. The Bertz CT molecular complexity index is 915. The first-order valence-corrected chi connectivity index (χ1v) is 13.0. The first-order chi connectivity index (χ1) is 15.9. The van der Waals surface area contributed by atoms with E-state index in [1.807, 2.05) is 112 Å². The quantitative estimate of drug-likeness (QED) is 0.396. The van der Waals surface area contributed by atoms with E-state index in [0.717, 1.165) is 28.1 Å². The number of rotatable bonds is 4. The van der Waals surface area contributed by atoms with Crippen LogP contribution in [0.1, 0.15) is 20.8 Å². The van der Waals surface area contributed by atoms with E-state index in [1.54, 1.807) is 0 Å². The smallest absolute Gasteiger partial charge is 0.478 e. The summed E-state index contributed by atoms with van der Waals surface area (Å²) in [7, 11) is -2.73.